The number of aromatic nitrogens is 1. The van der Waals surface area contributed by atoms with Crippen molar-refractivity contribution in [2.45, 2.75) is 25.7 Å². The molecule has 0 radical (unpaired) electrons. The van der Waals surface area contributed by atoms with E-state index in [1.165, 1.54) is 25.7 Å². The Morgan fingerprint density at radius 2 is 1.81 bits per heavy atom. The van der Waals surface area contributed by atoms with Crippen molar-refractivity contribution in [2.75, 3.05) is 13.7 Å². The number of nitrogens with zero attached hydrogens (tertiary/aromatic N) is 1. The molecular weight excluding hydrogens is 426 g/mol. The van der Waals surface area contributed by atoms with Gasteiger partial charge in [0.1, 0.15) is 11.3 Å². The lowest BCUT2D eigenvalue weighted by Crippen LogP contribution is -2.17. The third kappa shape index (κ3) is 4.00. The van der Waals surface area contributed by atoms with Crippen molar-refractivity contribution in [1.82, 2.24) is 4.57 Å². The number of rotatable bonds is 6. The normalized spacial score (nSPS) is 14.2. The standard InChI is InChI=1S/C26H24ClNO4/c1-30-25-14-20(10-11-23(25)31-16-17-4-2-3-5-17)28-13-12-22-21(26(28)29)15-24(32-22)18-6-8-19(27)9-7-18/h6-15,17H,2-5,16H2,1H3. The van der Waals surface area contributed by atoms with Crippen LogP contribution in [0.2, 0.25) is 5.02 Å². The van der Waals surface area contributed by atoms with E-state index in [1.807, 2.05) is 30.3 Å². The summed E-state index contributed by atoms with van der Waals surface area (Å²) < 4.78 is 19.1. The minimum atomic E-state index is -0.159. The first-order valence-electron chi connectivity index (χ1n) is 10.8. The molecule has 2 heterocycles. The summed E-state index contributed by atoms with van der Waals surface area (Å²) in [6.45, 7) is 0.699. The lowest BCUT2D eigenvalue weighted by molar-refractivity contribution is 0.240. The number of ether oxygens (including phenoxy) is 2. The fourth-order valence-electron chi connectivity index (χ4n) is 4.31. The number of pyridine rings is 1. The highest BCUT2D eigenvalue weighted by atomic mass is 35.5. The molecule has 1 aliphatic carbocycles. The Morgan fingerprint density at radius 3 is 2.56 bits per heavy atom. The van der Waals surface area contributed by atoms with Gasteiger partial charge in [-0.2, -0.15) is 0 Å². The molecule has 164 valence electrons. The van der Waals surface area contributed by atoms with E-state index < -0.39 is 0 Å². The van der Waals surface area contributed by atoms with Crippen LogP contribution in [0.5, 0.6) is 11.5 Å². The molecule has 4 aromatic rings. The van der Waals surface area contributed by atoms with E-state index >= 15 is 0 Å². The van der Waals surface area contributed by atoms with Crippen LogP contribution in [0.25, 0.3) is 28.0 Å². The average molecular weight is 450 g/mol. The van der Waals surface area contributed by atoms with Crippen LogP contribution >= 0.6 is 11.6 Å². The van der Waals surface area contributed by atoms with E-state index in [9.17, 15) is 4.79 Å². The summed E-state index contributed by atoms with van der Waals surface area (Å²) in [5.41, 5.74) is 1.95. The molecule has 6 heteroatoms. The number of furan rings is 1. The highest BCUT2D eigenvalue weighted by Crippen LogP contribution is 2.32. The van der Waals surface area contributed by atoms with Gasteiger partial charge in [-0.25, -0.2) is 0 Å². The number of hydrogen-bond acceptors (Lipinski definition) is 4. The van der Waals surface area contributed by atoms with Crippen LogP contribution in [0.15, 0.2) is 70.0 Å². The number of fused-ring (bicyclic) bond motifs is 1. The van der Waals surface area contributed by atoms with Crippen LogP contribution in [0, 0.1) is 5.92 Å². The van der Waals surface area contributed by atoms with Gasteiger partial charge in [-0.3, -0.25) is 9.36 Å². The molecule has 2 aromatic heterocycles. The molecule has 5 nitrogen and oxygen atoms in total. The summed E-state index contributed by atoms with van der Waals surface area (Å²) >= 11 is 5.98. The van der Waals surface area contributed by atoms with Gasteiger partial charge in [0, 0.05) is 22.8 Å². The lowest BCUT2D eigenvalue weighted by atomic mass is 10.1. The van der Waals surface area contributed by atoms with Gasteiger partial charge in [0.2, 0.25) is 0 Å². The Hall–Kier alpha value is -3.18. The Bertz CT molecular complexity index is 1300. The third-order valence-corrected chi connectivity index (χ3v) is 6.34. The topological polar surface area (TPSA) is 53.6 Å². The lowest BCUT2D eigenvalue weighted by Gasteiger charge is -2.15. The van der Waals surface area contributed by atoms with Gasteiger partial charge < -0.3 is 13.9 Å². The monoisotopic (exact) mass is 449 g/mol. The molecule has 1 aliphatic rings. The maximum Gasteiger partial charge on any atom is 0.266 e. The predicted molar refractivity (Wildman–Crippen MR) is 126 cm³/mol. The average Bonchev–Trinajstić information content (AvgIpc) is 3.49. The maximum absolute atomic E-state index is 13.2. The molecule has 1 saturated carbocycles. The molecule has 0 bridgehead atoms. The van der Waals surface area contributed by atoms with Crippen molar-refractivity contribution in [2.24, 2.45) is 5.92 Å². The molecule has 0 N–H and O–H groups in total. The Labute approximate surface area is 191 Å². The van der Waals surface area contributed by atoms with E-state index in [1.54, 1.807) is 42.1 Å². The molecule has 0 atom stereocenters. The number of methoxy groups -OCH3 is 1. The molecule has 32 heavy (non-hydrogen) atoms. The number of benzene rings is 2. The van der Waals surface area contributed by atoms with Gasteiger partial charge in [-0.15, -0.1) is 0 Å². The van der Waals surface area contributed by atoms with Crippen molar-refractivity contribution < 1.29 is 13.9 Å². The van der Waals surface area contributed by atoms with Gasteiger partial charge in [0.15, 0.2) is 11.5 Å². The number of hydrogen-bond donors (Lipinski definition) is 0. The first-order valence-corrected chi connectivity index (χ1v) is 11.2. The first-order chi connectivity index (χ1) is 15.6. The molecule has 0 saturated heterocycles. The first kappa shape index (κ1) is 20.7. The summed E-state index contributed by atoms with van der Waals surface area (Å²) in [6, 6.07) is 16.5. The quantitative estimate of drug-likeness (QED) is 0.338. The van der Waals surface area contributed by atoms with Crippen LogP contribution in [-0.4, -0.2) is 18.3 Å². The second-order valence-corrected chi connectivity index (χ2v) is 8.62. The highest BCUT2D eigenvalue weighted by molar-refractivity contribution is 6.30. The Balaban J connectivity index is 1.46. The van der Waals surface area contributed by atoms with Gasteiger partial charge in [-0.1, -0.05) is 24.4 Å². The molecule has 1 fully saturated rings. The smallest absolute Gasteiger partial charge is 0.266 e. The van der Waals surface area contributed by atoms with Gasteiger partial charge >= 0.3 is 0 Å². The molecule has 2 aromatic carbocycles. The zero-order valence-corrected chi connectivity index (χ0v) is 18.6. The van der Waals surface area contributed by atoms with E-state index in [2.05, 4.69) is 0 Å². The number of halogens is 1. The molecule has 0 unspecified atom stereocenters. The second kappa shape index (κ2) is 8.75. The summed E-state index contributed by atoms with van der Waals surface area (Å²) in [6.07, 6.45) is 6.72. The van der Waals surface area contributed by atoms with Gasteiger partial charge in [-0.05, 0) is 67.3 Å². The highest BCUT2D eigenvalue weighted by Gasteiger charge is 2.17. The van der Waals surface area contributed by atoms with Gasteiger partial charge in [0.25, 0.3) is 5.56 Å². The van der Waals surface area contributed by atoms with E-state index in [0.717, 1.165) is 5.56 Å². The van der Waals surface area contributed by atoms with Crippen LogP contribution in [0.4, 0.5) is 0 Å². The zero-order valence-electron chi connectivity index (χ0n) is 17.8. The maximum atomic E-state index is 13.2. The largest absolute Gasteiger partial charge is 0.493 e. The van der Waals surface area contributed by atoms with E-state index in [4.69, 9.17) is 25.5 Å². The minimum absolute atomic E-state index is 0.159. The minimum Gasteiger partial charge on any atom is -0.493 e. The van der Waals surface area contributed by atoms with Crippen LogP contribution in [-0.2, 0) is 0 Å². The third-order valence-electron chi connectivity index (χ3n) is 6.09. The molecule has 5 rings (SSSR count). The molecule has 0 aliphatic heterocycles. The van der Waals surface area contributed by atoms with E-state index in [0.29, 0.717) is 51.5 Å². The summed E-state index contributed by atoms with van der Waals surface area (Å²) in [7, 11) is 1.61. The van der Waals surface area contributed by atoms with Crippen LogP contribution < -0.4 is 15.0 Å². The summed E-state index contributed by atoms with van der Waals surface area (Å²) in [5, 5.41) is 1.16. The van der Waals surface area contributed by atoms with Gasteiger partial charge in [0.05, 0.1) is 24.8 Å². The second-order valence-electron chi connectivity index (χ2n) is 8.18. The Morgan fingerprint density at radius 1 is 1.03 bits per heavy atom. The van der Waals surface area contributed by atoms with Crippen molar-refractivity contribution in [1.29, 1.82) is 0 Å². The van der Waals surface area contributed by atoms with Crippen molar-refractivity contribution >= 4 is 22.6 Å². The Kier molecular flexibility index (Phi) is 5.66. The summed E-state index contributed by atoms with van der Waals surface area (Å²) in [5.74, 6) is 2.55. The predicted octanol–water partition coefficient (Wildman–Crippen LogP) is 6.48. The molecule has 0 amide bonds. The van der Waals surface area contributed by atoms with Crippen molar-refractivity contribution in [3.05, 3.63) is 76.2 Å². The van der Waals surface area contributed by atoms with Crippen LogP contribution in [0.1, 0.15) is 25.7 Å². The summed E-state index contributed by atoms with van der Waals surface area (Å²) in [4.78, 5) is 13.2. The fraction of sp³-hybridized carbons (Fsp3) is 0.269. The fourth-order valence-corrected chi connectivity index (χ4v) is 4.43. The molecular formula is C26H24ClNO4. The SMILES string of the molecule is COc1cc(-n2ccc3oc(-c4ccc(Cl)cc4)cc3c2=O)ccc1OCC1CCCC1. The zero-order chi connectivity index (χ0) is 22.1. The van der Waals surface area contributed by atoms with Crippen molar-refractivity contribution in [3.63, 3.8) is 0 Å². The van der Waals surface area contributed by atoms with Crippen LogP contribution in [0.3, 0.4) is 0 Å². The van der Waals surface area contributed by atoms with E-state index in [-0.39, 0.29) is 5.56 Å². The van der Waals surface area contributed by atoms with Crippen molar-refractivity contribution in [3.8, 4) is 28.5 Å². The molecule has 0 spiro atoms.